The van der Waals surface area contributed by atoms with E-state index in [2.05, 4.69) is 11.4 Å². The molecule has 0 saturated heterocycles. The van der Waals surface area contributed by atoms with Crippen molar-refractivity contribution >= 4 is 0 Å². The molecular weight excluding hydrogens is 242 g/mol. The summed E-state index contributed by atoms with van der Waals surface area (Å²) in [7, 11) is 3.46. The van der Waals surface area contributed by atoms with Crippen LogP contribution in [0.25, 0.3) is 0 Å². The number of para-hydroxylation sites is 1. The van der Waals surface area contributed by atoms with Gasteiger partial charge in [0, 0.05) is 25.3 Å². The summed E-state index contributed by atoms with van der Waals surface area (Å²) in [6.45, 7) is 3.42. The minimum Gasteiger partial charge on any atom is -0.493 e. The van der Waals surface area contributed by atoms with Crippen LogP contribution >= 0.6 is 0 Å². The van der Waals surface area contributed by atoms with Crippen molar-refractivity contribution < 1.29 is 14.2 Å². The third-order valence-corrected chi connectivity index (χ3v) is 3.57. The second kappa shape index (κ2) is 6.78. The van der Waals surface area contributed by atoms with E-state index >= 15 is 0 Å². The lowest BCUT2D eigenvalue weighted by Crippen LogP contribution is -2.44. The molecular formula is C15H23NO3. The molecule has 0 aliphatic heterocycles. The predicted octanol–water partition coefficient (Wildman–Crippen LogP) is 2.36. The summed E-state index contributed by atoms with van der Waals surface area (Å²) in [6.07, 6.45) is 2.60. The second-order valence-corrected chi connectivity index (χ2v) is 4.79. The first kappa shape index (κ1) is 14.2. The molecule has 1 aliphatic rings. The van der Waals surface area contributed by atoms with E-state index in [0.717, 1.165) is 36.4 Å². The maximum absolute atomic E-state index is 5.58. The van der Waals surface area contributed by atoms with Gasteiger partial charge in [0.05, 0.1) is 19.8 Å². The summed E-state index contributed by atoms with van der Waals surface area (Å²) in [5.74, 6) is 1.65. The molecule has 0 bridgehead atoms. The number of hydrogen-bond acceptors (Lipinski definition) is 4. The van der Waals surface area contributed by atoms with Gasteiger partial charge in [0.1, 0.15) is 0 Å². The van der Waals surface area contributed by atoms with Crippen LogP contribution in [0.2, 0.25) is 0 Å². The highest BCUT2D eigenvalue weighted by Crippen LogP contribution is 2.31. The maximum Gasteiger partial charge on any atom is 0.165 e. The van der Waals surface area contributed by atoms with Crippen molar-refractivity contribution in [2.45, 2.75) is 38.5 Å². The van der Waals surface area contributed by atoms with Gasteiger partial charge >= 0.3 is 0 Å². The van der Waals surface area contributed by atoms with Crippen LogP contribution < -0.4 is 14.8 Å². The fourth-order valence-corrected chi connectivity index (χ4v) is 2.38. The first-order valence-electron chi connectivity index (χ1n) is 6.83. The minimum absolute atomic E-state index is 0.425. The molecule has 0 spiro atoms. The molecule has 0 radical (unpaired) electrons. The lowest BCUT2D eigenvalue weighted by atomic mass is 9.89. The molecule has 1 aromatic rings. The SMILES string of the molecule is CCOc1cccc(CNC2CC(OC)C2)c1OC. The zero-order valence-corrected chi connectivity index (χ0v) is 11.9. The van der Waals surface area contributed by atoms with Crippen molar-refractivity contribution in [2.75, 3.05) is 20.8 Å². The summed E-state index contributed by atoms with van der Waals surface area (Å²) in [6, 6.07) is 6.56. The van der Waals surface area contributed by atoms with Gasteiger partial charge in [0.15, 0.2) is 11.5 Å². The van der Waals surface area contributed by atoms with Gasteiger partial charge in [-0.05, 0) is 25.8 Å². The normalized spacial score (nSPS) is 21.8. The monoisotopic (exact) mass is 265 g/mol. The highest BCUT2D eigenvalue weighted by molar-refractivity contribution is 5.46. The van der Waals surface area contributed by atoms with Crippen molar-refractivity contribution in [2.24, 2.45) is 0 Å². The van der Waals surface area contributed by atoms with Crippen molar-refractivity contribution in [3.8, 4) is 11.5 Å². The topological polar surface area (TPSA) is 39.7 Å². The number of methoxy groups -OCH3 is 2. The van der Waals surface area contributed by atoms with E-state index in [1.807, 2.05) is 19.1 Å². The number of benzene rings is 1. The fourth-order valence-electron chi connectivity index (χ4n) is 2.38. The molecule has 19 heavy (non-hydrogen) atoms. The molecule has 1 fully saturated rings. The van der Waals surface area contributed by atoms with Crippen LogP contribution in [0.1, 0.15) is 25.3 Å². The van der Waals surface area contributed by atoms with Gasteiger partial charge in [0.25, 0.3) is 0 Å². The Labute approximate surface area is 115 Å². The smallest absolute Gasteiger partial charge is 0.165 e. The molecule has 1 N–H and O–H groups in total. The molecule has 1 aromatic carbocycles. The van der Waals surface area contributed by atoms with Gasteiger partial charge in [-0.3, -0.25) is 0 Å². The van der Waals surface area contributed by atoms with Crippen LogP contribution in [0.4, 0.5) is 0 Å². The standard InChI is InChI=1S/C15H23NO3/c1-4-19-14-7-5-6-11(15(14)18-3)10-16-12-8-13(9-12)17-2/h5-7,12-13,16H,4,8-10H2,1-3H3. The molecule has 4 nitrogen and oxygen atoms in total. The Kier molecular flexibility index (Phi) is 5.05. The highest BCUT2D eigenvalue weighted by atomic mass is 16.5. The minimum atomic E-state index is 0.425. The molecule has 1 aliphatic carbocycles. The Morgan fingerprint density at radius 2 is 2.05 bits per heavy atom. The summed E-state index contributed by atoms with van der Waals surface area (Å²) in [5, 5.41) is 3.53. The Hall–Kier alpha value is -1.26. The van der Waals surface area contributed by atoms with Crippen LogP contribution in [0.3, 0.4) is 0 Å². The molecule has 4 heteroatoms. The van der Waals surface area contributed by atoms with Gasteiger partial charge in [-0.1, -0.05) is 12.1 Å². The maximum atomic E-state index is 5.58. The molecule has 0 heterocycles. The predicted molar refractivity (Wildman–Crippen MR) is 74.8 cm³/mol. The van der Waals surface area contributed by atoms with Gasteiger partial charge in [0.2, 0.25) is 0 Å². The van der Waals surface area contributed by atoms with Crippen LogP contribution in [0.15, 0.2) is 18.2 Å². The van der Waals surface area contributed by atoms with Crippen LogP contribution in [0, 0.1) is 0 Å². The Morgan fingerprint density at radius 3 is 2.68 bits per heavy atom. The molecule has 0 atom stereocenters. The van der Waals surface area contributed by atoms with Gasteiger partial charge in [-0.2, -0.15) is 0 Å². The lowest BCUT2D eigenvalue weighted by Gasteiger charge is -2.35. The molecule has 0 aromatic heterocycles. The summed E-state index contributed by atoms with van der Waals surface area (Å²) < 4.78 is 16.3. The van der Waals surface area contributed by atoms with E-state index in [0.29, 0.717) is 18.8 Å². The van der Waals surface area contributed by atoms with Crippen molar-refractivity contribution in [3.05, 3.63) is 23.8 Å². The molecule has 2 rings (SSSR count). The molecule has 1 saturated carbocycles. The summed E-state index contributed by atoms with van der Waals surface area (Å²) >= 11 is 0. The average molecular weight is 265 g/mol. The second-order valence-electron chi connectivity index (χ2n) is 4.79. The van der Waals surface area contributed by atoms with E-state index in [9.17, 15) is 0 Å². The number of hydrogen-bond donors (Lipinski definition) is 1. The number of ether oxygens (including phenoxy) is 3. The molecule has 0 unspecified atom stereocenters. The zero-order valence-electron chi connectivity index (χ0n) is 11.9. The Bertz CT molecular complexity index is 402. The summed E-state index contributed by atoms with van der Waals surface area (Å²) in [4.78, 5) is 0. The molecule has 106 valence electrons. The van der Waals surface area contributed by atoms with Crippen molar-refractivity contribution in [3.63, 3.8) is 0 Å². The van der Waals surface area contributed by atoms with E-state index < -0.39 is 0 Å². The summed E-state index contributed by atoms with van der Waals surface area (Å²) in [5.41, 5.74) is 1.13. The quantitative estimate of drug-likeness (QED) is 0.821. The Balaban J connectivity index is 1.94. The fraction of sp³-hybridized carbons (Fsp3) is 0.600. The molecule has 0 amide bonds. The van der Waals surface area contributed by atoms with E-state index in [4.69, 9.17) is 14.2 Å². The van der Waals surface area contributed by atoms with Crippen LogP contribution in [0.5, 0.6) is 11.5 Å². The first-order chi connectivity index (χ1) is 9.28. The third kappa shape index (κ3) is 3.39. The first-order valence-corrected chi connectivity index (χ1v) is 6.83. The largest absolute Gasteiger partial charge is 0.493 e. The zero-order chi connectivity index (χ0) is 13.7. The third-order valence-electron chi connectivity index (χ3n) is 3.57. The Morgan fingerprint density at radius 1 is 1.26 bits per heavy atom. The number of rotatable bonds is 7. The van der Waals surface area contributed by atoms with E-state index in [1.54, 1.807) is 14.2 Å². The van der Waals surface area contributed by atoms with Crippen molar-refractivity contribution in [1.82, 2.24) is 5.32 Å². The van der Waals surface area contributed by atoms with Gasteiger partial charge in [-0.25, -0.2) is 0 Å². The van der Waals surface area contributed by atoms with Crippen LogP contribution in [-0.2, 0) is 11.3 Å². The lowest BCUT2D eigenvalue weighted by molar-refractivity contribution is 0.0169. The average Bonchev–Trinajstić information content (AvgIpc) is 2.38. The number of nitrogens with one attached hydrogen (secondary N) is 1. The van der Waals surface area contributed by atoms with Crippen molar-refractivity contribution in [1.29, 1.82) is 0 Å². The van der Waals surface area contributed by atoms with Gasteiger partial charge in [-0.15, -0.1) is 0 Å². The van der Waals surface area contributed by atoms with Gasteiger partial charge < -0.3 is 19.5 Å². The highest BCUT2D eigenvalue weighted by Gasteiger charge is 2.28. The van der Waals surface area contributed by atoms with E-state index in [-0.39, 0.29) is 0 Å². The van der Waals surface area contributed by atoms with E-state index in [1.165, 1.54) is 0 Å². The van der Waals surface area contributed by atoms with Crippen LogP contribution in [-0.4, -0.2) is 33.0 Å².